The molecule has 0 saturated heterocycles. The van der Waals surface area contributed by atoms with Gasteiger partial charge in [-0.15, -0.1) is 18.3 Å². The van der Waals surface area contributed by atoms with Crippen molar-refractivity contribution in [2.75, 3.05) is 32.6 Å². The van der Waals surface area contributed by atoms with Crippen molar-refractivity contribution in [1.29, 1.82) is 0 Å². The maximum atomic E-state index is 14.6. The van der Waals surface area contributed by atoms with E-state index in [2.05, 4.69) is 37.1 Å². The number of aliphatic hydroxyl groups excluding tert-OH is 2. The number of thioether (sulfide) groups is 1. The second-order valence-corrected chi connectivity index (χ2v) is 17.4. The van der Waals surface area contributed by atoms with E-state index in [0.29, 0.717) is 37.3 Å². The fourth-order valence-electron chi connectivity index (χ4n) is 9.67. The lowest BCUT2D eigenvalue weighted by atomic mass is 9.55. The van der Waals surface area contributed by atoms with E-state index in [1.807, 2.05) is 91.9 Å². The van der Waals surface area contributed by atoms with Crippen LogP contribution in [0.3, 0.4) is 0 Å². The van der Waals surface area contributed by atoms with E-state index in [1.54, 1.807) is 22.7 Å². The number of carbonyl (C=O) groups excluding carboxylic acids is 1. The molecule has 0 bridgehead atoms. The maximum Gasteiger partial charge on any atom is 0.410 e. The van der Waals surface area contributed by atoms with E-state index in [-0.39, 0.29) is 57.2 Å². The summed E-state index contributed by atoms with van der Waals surface area (Å²) < 4.78 is 27.2. The molecule has 6 atom stereocenters. The standard InChI is InChI=1S/C52H62N2O8S/c1-4-28-54(51(57)58-35-37-16-8-6-9-17-37)48-34-46(53-60-36-38-18-10-7-11-19-38)44-32-39(20-12-14-29-55)43(21-13-15-30-56)49-45-33-41(61-40-22-25-42(63-3)26-23-40)24-27-47(45)62-52(48,50(44)49)59-31-5-2/h5-11,16-19,22-27,32-33,39,43,48-50,55-56H,2,4,12-15,20-21,28-31,34-36H2,1,3H3. The van der Waals surface area contributed by atoms with E-state index < -0.39 is 23.8 Å². The van der Waals surface area contributed by atoms with Gasteiger partial charge in [0.1, 0.15) is 36.5 Å². The molecule has 10 nitrogen and oxygen atoms in total. The van der Waals surface area contributed by atoms with Crippen molar-refractivity contribution < 1.29 is 38.8 Å². The van der Waals surface area contributed by atoms with Crippen LogP contribution in [0.2, 0.25) is 0 Å². The van der Waals surface area contributed by atoms with E-state index in [0.717, 1.165) is 64.3 Å². The number of nitrogens with zero attached hydrogens (tertiary/aromatic N) is 2. The predicted octanol–water partition coefficient (Wildman–Crippen LogP) is 11.1. The molecular weight excluding hydrogens is 813 g/mol. The van der Waals surface area contributed by atoms with Gasteiger partial charge in [0.15, 0.2) is 0 Å². The molecule has 1 aliphatic heterocycles. The van der Waals surface area contributed by atoms with Gasteiger partial charge in [-0.05, 0) is 109 Å². The predicted molar refractivity (Wildman–Crippen MR) is 248 cm³/mol. The lowest BCUT2D eigenvalue weighted by Gasteiger charge is -2.59. The number of hydrogen-bond donors (Lipinski definition) is 2. The van der Waals surface area contributed by atoms with Crippen molar-refractivity contribution in [3.05, 3.63) is 144 Å². The Morgan fingerprint density at radius 1 is 0.905 bits per heavy atom. The summed E-state index contributed by atoms with van der Waals surface area (Å²) in [7, 11) is 0. The highest BCUT2D eigenvalue weighted by atomic mass is 32.2. The Labute approximate surface area is 376 Å². The molecule has 63 heavy (non-hydrogen) atoms. The highest BCUT2D eigenvalue weighted by Gasteiger charge is 2.65. The first-order valence-electron chi connectivity index (χ1n) is 22.5. The van der Waals surface area contributed by atoms with Crippen LogP contribution in [-0.4, -0.2) is 71.4 Å². The highest BCUT2D eigenvalue weighted by molar-refractivity contribution is 7.98. The number of carbonyl (C=O) groups is 1. The van der Waals surface area contributed by atoms with Crippen LogP contribution in [0.4, 0.5) is 4.79 Å². The molecule has 0 radical (unpaired) electrons. The van der Waals surface area contributed by atoms with Crippen molar-refractivity contribution in [3.8, 4) is 17.2 Å². The summed E-state index contributed by atoms with van der Waals surface area (Å²) in [6, 6.07) is 33.0. The molecular formula is C52H62N2O8S. The lowest BCUT2D eigenvalue weighted by Crippen LogP contribution is -2.70. The van der Waals surface area contributed by atoms with Crippen molar-refractivity contribution >= 4 is 23.6 Å². The normalized spacial score (nSPS) is 22.8. The lowest BCUT2D eigenvalue weighted by molar-refractivity contribution is -0.255. The van der Waals surface area contributed by atoms with E-state index in [1.165, 1.54) is 0 Å². The van der Waals surface area contributed by atoms with Crippen LogP contribution in [-0.2, 0) is 27.5 Å². The van der Waals surface area contributed by atoms with Crippen LogP contribution in [0.1, 0.15) is 80.9 Å². The third kappa shape index (κ3) is 10.8. The van der Waals surface area contributed by atoms with Crippen molar-refractivity contribution in [2.24, 2.45) is 22.9 Å². The first-order valence-corrected chi connectivity index (χ1v) is 23.7. The second kappa shape index (κ2) is 22.5. The molecule has 11 heteroatoms. The summed E-state index contributed by atoms with van der Waals surface area (Å²) in [6.07, 6.45) is 11.3. The van der Waals surface area contributed by atoms with Gasteiger partial charge in [0, 0.05) is 42.6 Å². The van der Waals surface area contributed by atoms with Crippen molar-refractivity contribution in [2.45, 2.75) is 94.1 Å². The number of unbranched alkanes of at least 4 members (excludes halogenated alkanes) is 2. The van der Waals surface area contributed by atoms with Gasteiger partial charge in [0.25, 0.3) is 0 Å². The van der Waals surface area contributed by atoms with E-state index in [9.17, 15) is 15.0 Å². The topological polar surface area (TPSA) is 119 Å². The molecule has 7 rings (SSSR count). The molecule has 6 unspecified atom stereocenters. The minimum absolute atomic E-state index is 0.0735. The zero-order chi connectivity index (χ0) is 44.0. The summed E-state index contributed by atoms with van der Waals surface area (Å²) in [5.74, 6) is 0.205. The summed E-state index contributed by atoms with van der Waals surface area (Å²) >= 11 is 1.68. The number of hydrogen-bond acceptors (Lipinski definition) is 10. The first-order chi connectivity index (χ1) is 30.9. The van der Waals surface area contributed by atoms with Gasteiger partial charge in [-0.25, -0.2) is 4.79 Å². The Balaban J connectivity index is 1.40. The van der Waals surface area contributed by atoms with Crippen LogP contribution < -0.4 is 9.47 Å². The van der Waals surface area contributed by atoms with Gasteiger partial charge < -0.3 is 34.0 Å². The minimum atomic E-state index is -1.39. The SMILES string of the molecule is C=CCOC12Oc3ccc(Oc4ccc(SC)cc4)cc3C3C(CCCCO)C(CCCCO)C=C(C(=NOCc4ccccc4)CC1N(CCC)C(=O)OCc1ccccc1)C32. The summed E-state index contributed by atoms with van der Waals surface area (Å²) in [5, 5.41) is 24.9. The van der Waals surface area contributed by atoms with Crippen LogP contribution in [0.15, 0.2) is 137 Å². The molecule has 3 aliphatic rings. The third-order valence-corrected chi connectivity index (χ3v) is 13.2. The largest absolute Gasteiger partial charge is 0.459 e. The smallest absolute Gasteiger partial charge is 0.410 e. The molecule has 0 aromatic heterocycles. The number of oxime groups is 1. The van der Waals surface area contributed by atoms with Gasteiger partial charge in [-0.2, -0.15) is 0 Å². The average Bonchev–Trinajstić information content (AvgIpc) is 3.31. The zero-order valence-corrected chi connectivity index (χ0v) is 37.4. The van der Waals surface area contributed by atoms with Crippen LogP contribution >= 0.6 is 11.8 Å². The Morgan fingerprint density at radius 3 is 2.25 bits per heavy atom. The second-order valence-electron chi connectivity index (χ2n) is 16.5. The summed E-state index contributed by atoms with van der Waals surface area (Å²) in [6.45, 7) is 7.26. The zero-order valence-electron chi connectivity index (χ0n) is 36.6. The molecule has 334 valence electrons. The van der Waals surface area contributed by atoms with Crippen molar-refractivity contribution in [1.82, 2.24) is 4.90 Å². The number of ether oxygens (including phenoxy) is 4. The number of fused-ring (bicyclic) bond motifs is 2. The Hall–Kier alpha value is -5.07. The maximum absolute atomic E-state index is 14.6. The minimum Gasteiger partial charge on any atom is -0.459 e. The molecule has 1 fully saturated rings. The summed E-state index contributed by atoms with van der Waals surface area (Å²) in [4.78, 5) is 23.8. The molecule has 1 heterocycles. The first kappa shape index (κ1) is 45.9. The van der Waals surface area contributed by atoms with Gasteiger partial charge in [0.05, 0.1) is 18.2 Å². The van der Waals surface area contributed by atoms with Gasteiger partial charge in [-0.1, -0.05) is 97.7 Å². The van der Waals surface area contributed by atoms with Crippen LogP contribution in [0.25, 0.3) is 0 Å². The molecule has 0 spiro atoms. The molecule has 2 N–H and O–H groups in total. The molecule has 1 saturated carbocycles. The fourth-order valence-corrected chi connectivity index (χ4v) is 10.1. The molecule has 4 aromatic carbocycles. The van der Waals surface area contributed by atoms with Gasteiger partial charge in [0.2, 0.25) is 5.79 Å². The van der Waals surface area contributed by atoms with E-state index >= 15 is 0 Å². The number of aliphatic hydroxyl groups is 2. The van der Waals surface area contributed by atoms with Crippen LogP contribution in [0.5, 0.6) is 17.2 Å². The number of rotatable bonds is 22. The fraction of sp³-hybridized carbons (Fsp3) is 0.423. The quantitative estimate of drug-likeness (QED) is 0.0344. The number of amides is 1. The monoisotopic (exact) mass is 874 g/mol. The van der Waals surface area contributed by atoms with Gasteiger partial charge >= 0.3 is 6.09 Å². The van der Waals surface area contributed by atoms with Crippen molar-refractivity contribution in [3.63, 3.8) is 0 Å². The Kier molecular flexibility index (Phi) is 16.4. The summed E-state index contributed by atoms with van der Waals surface area (Å²) in [5.41, 5.74) is 4.56. The number of benzene rings is 4. The number of allylic oxidation sites excluding steroid dienone is 1. The highest BCUT2D eigenvalue weighted by Crippen LogP contribution is 2.62. The third-order valence-electron chi connectivity index (χ3n) is 12.5. The molecule has 2 aliphatic carbocycles. The van der Waals surface area contributed by atoms with Gasteiger partial charge in [-0.3, -0.25) is 4.90 Å². The molecule has 4 aromatic rings. The Morgan fingerprint density at radius 2 is 1.59 bits per heavy atom. The Bertz CT molecular complexity index is 2150. The van der Waals surface area contributed by atoms with Crippen LogP contribution in [0, 0.1) is 17.8 Å². The van der Waals surface area contributed by atoms with E-state index in [4.69, 9.17) is 28.9 Å². The molecule has 1 amide bonds. The average molecular weight is 875 g/mol.